The minimum Gasteiger partial charge on any atom is -0.756 e. The minimum atomic E-state index is -6.02. The molecule has 1 aromatic rings. The average molecular weight is 679 g/mol. The third-order valence-electron chi connectivity index (χ3n) is 6.17. The zero-order chi connectivity index (χ0) is 32.8. The van der Waals surface area contributed by atoms with E-state index in [0.717, 1.165) is 12.3 Å². The molecule has 2 saturated heterocycles. The van der Waals surface area contributed by atoms with Gasteiger partial charge in [-0.3, -0.25) is 32.8 Å². The highest BCUT2D eigenvalue weighted by Crippen LogP contribution is 2.57. The summed E-state index contributed by atoms with van der Waals surface area (Å²) >= 11 is 0. The lowest BCUT2D eigenvalue weighted by Gasteiger charge is -2.44. The molecule has 252 valence electrons. The summed E-state index contributed by atoms with van der Waals surface area (Å²) in [6.45, 7) is -2.61. The van der Waals surface area contributed by atoms with Crippen LogP contribution >= 0.6 is 15.6 Å². The van der Waals surface area contributed by atoms with E-state index in [-0.39, 0.29) is 13.2 Å². The smallest absolute Gasteiger partial charge is 0.330 e. The number of aromatic nitrogens is 2. The number of aliphatic hydroxyl groups excluding tert-OH is 5. The van der Waals surface area contributed by atoms with Crippen LogP contribution in [0.3, 0.4) is 0 Å². The van der Waals surface area contributed by atoms with Crippen molar-refractivity contribution >= 4 is 21.6 Å². The molecule has 2 aliphatic rings. The standard InChI is InChI=1S/C20H33N3O19P2/c1-36-4-5-37-8-12(26)21-13-16(29)14(27)9(6-24)40-19(13)41-44(34,35)42-43(32,33)38-7-10-15(28)17(30)18(39-10)23-3-2-11(25)22-20(23)31/h2-3,9-10,13-19,24,27-30H,4-8H2,1H3,(H,21,26)(H,32,33)(H,34,35)(H,22,25,31)/p-2/t9?,10?,13-,14-,15+,16?,17+,18?,19+/m0/s1. The maximum absolute atomic E-state index is 12.5. The molecule has 22 nitrogen and oxygen atoms in total. The molecule has 0 spiro atoms. The zero-order valence-corrected chi connectivity index (χ0v) is 24.5. The third kappa shape index (κ3) is 9.53. The second-order valence-corrected chi connectivity index (χ2v) is 12.2. The predicted molar refractivity (Wildman–Crippen MR) is 133 cm³/mol. The number of ether oxygens (including phenoxy) is 4. The largest absolute Gasteiger partial charge is 0.756 e. The Bertz CT molecular complexity index is 1330. The summed E-state index contributed by atoms with van der Waals surface area (Å²) in [6, 6.07) is -0.953. The van der Waals surface area contributed by atoms with Gasteiger partial charge in [0.15, 0.2) is 12.5 Å². The number of H-pyrrole nitrogens is 1. The summed E-state index contributed by atoms with van der Waals surface area (Å²) in [5, 5.41) is 52.5. The summed E-state index contributed by atoms with van der Waals surface area (Å²) in [5.41, 5.74) is -1.80. The topological polar surface area (TPSA) is 330 Å². The third-order valence-corrected chi connectivity index (χ3v) is 8.70. The number of hydrogen-bond acceptors (Lipinski definition) is 19. The minimum absolute atomic E-state index is 0.0145. The number of methoxy groups -OCH3 is 1. The van der Waals surface area contributed by atoms with Crippen molar-refractivity contribution in [2.24, 2.45) is 0 Å². The van der Waals surface area contributed by atoms with Crippen molar-refractivity contribution < 1.29 is 81.5 Å². The average Bonchev–Trinajstić information content (AvgIpc) is 3.22. The van der Waals surface area contributed by atoms with Gasteiger partial charge in [0.1, 0.15) is 49.3 Å². The molecule has 0 bridgehead atoms. The molecule has 0 aliphatic carbocycles. The number of aromatic amines is 1. The summed E-state index contributed by atoms with van der Waals surface area (Å²) in [7, 11) is -10.5. The maximum Gasteiger partial charge on any atom is 0.330 e. The van der Waals surface area contributed by atoms with E-state index < -0.39 is 108 Å². The van der Waals surface area contributed by atoms with E-state index in [9.17, 15) is 58.8 Å². The van der Waals surface area contributed by atoms with Gasteiger partial charge in [-0.1, -0.05) is 0 Å². The monoisotopic (exact) mass is 679 g/mol. The molecule has 44 heavy (non-hydrogen) atoms. The van der Waals surface area contributed by atoms with E-state index in [0.29, 0.717) is 4.57 Å². The van der Waals surface area contributed by atoms with Crippen LogP contribution in [0.15, 0.2) is 21.9 Å². The SMILES string of the molecule is COCCOCC(=O)N[C@H]1C(O)[C@@H](O)C(CO)O[C@@H]1OP(=O)([O-])OP(=O)([O-])OCC1OC(n2ccc(=O)[nH]c2=O)[C@H](O)[C@@H]1O. The molecule has 7 N–H and O–H groups in total. The number of aliphatic hydroxyl groups is 5. The fourth-order valence-corrected chi connectivity index (χ4v) is 6.13. The van der Waals surface area contributed by atoms with Crippen molar-refractivity contribution in [2.45, 2.75) is 55.2 Å². The summed E-state index contributed by atoms with van der Waals surface area (Å²) in [6.07, 6.45) is -13.8. The number of hydrogen-bond donors (Lipinski definition) is 7. The highest BCUT2D eigenvalue weighted by molar-refractivity contribution is 7.59. The highest BCUT2D eigenvalue weighted by Gasteiger charge is 2.48. The molecule has 11 atom stereocenters. The quantitative estimate of drug-likeness (QED) is 0.0669. The normalized spacial score (nSPS) is 33.4. The Kier molecular flexibility index (Phi) is 12.9. The number of carbonyl (C=O) groups excluding carboxylic acids is 1. The highest BCUT2D eigenvalue weighted by atomic mass is 31.3. The first-order chi connectivity index (χ1) is 20.6. The van der Waals surface area contributed by atoms with Crippen molar-refractivity contribution in [3.8, 4) is 0 Å². The van der Waals surface area contributed by atoms with E-state index in [2.05, 4.69) is 18.7 Å². The number of rotatable bonds is 15. The van der Waals surface area contributed by atoms with Crippen molar-refractivity contribution in [3.05, 3.63) is 33.1 Å². The molecule has 0 aromatic carbocycles. The lowest BCUT2D eigenvalue weighted by molar-refractivity contribution is -0.285. The van der Waals surface area contributed by atoms with Crippen molar-refractivity contribution in [2.75, 3.05) is 40.1 Å². The Balaban J connectivity index is 1.64. The number of carbonyl (C=O) groups is 1. The molecule has 2 fully saturated rings. The number of nitrogens with zero attached hydrogens (tertiary/aromatic N) is 1. The van der Waals surface area contributed by atoms with Crippen LogP contribution in [-0.4, -0.2) is 130 Å². The van der Waals surface area contributed by atoms with Crippen LogP contribution in [0.25, 0.3) is 0 Å². The van der Waals surface area contributed by atoms with Crippen molar-refractivity contribution in [3.63, 3.8) is 0 Å². The Morgan fingerprint density at radius 3 is 2.36 bits per heavy atom. The van der Waals surface area contributed by atoms with Gasteiger partial charge in [-0.2, -0.15) is 0 Å². The molecular formula is C20H31N3O19P2-2. The van der Waals surface area contributed by atoms with Gasteiger partial charge < -0.3 is 64.1 Å². The van der Waals surface area contributed by atoms with Gasteiger partial charge in [-0.05, 0) is 0 Å². The van der Waals surface area contributed by atoms with Crippen LogP contribution in [0.1, 0.15) is 6.23 Å². The van der Waals surface area contributed by atoms with Gasteiger partial charge >= 0.3 is 5.69 Å². The maximum atomic E-state index is 12.5. The molecular weight excluding hydrogens is 648 g/mol. The molecule has 0 radical (unpaired) electrons. The second-order valence-electron chi connectivity index (χ2n) is 9.29. The van der Waals surface area contributed by atoms with Crippen molar-refractivity contribution in [1.82, 2.24) is 14.9 Å². The Morgan fingerprint density at radius 1 is 1.05 bits per heavy atom. The fourth-order valence-electron chi connectivity index (χ4n) is 4.04. The lowest BCUT2D eigenvalue weighted by Crippen LogP contribution is -2.65. The van der Waals surface area contributed by atoms with E-state index in [1.165, 1.54) is 7.11 Å². The van der Waals surface area contributed by atoms with E-state index >= 15 is 0 Å². The lowest BCUT2D eigenvalue weighted by atomic mass is 9.97. The number of amides is 1. The van der Waals surface area contributed by atoms with E-state index in [1.807, 2.05) is 4.98 Å². The van der Waals surface area contributed by atoms with Gasteiger partial charge in [-0.25, -0.2) is 9.11 Å². The number of phosphoric ester groups is 2. The Labute approximate surface area is 246 Å². The molecule has 6 unspecified atom stereocenters. The van der Waals surface area contributed by atoms with E-state index in [4.69, 9.17) is 18.9 Å². The number of nitrogens with one attached hydrogen (secondary N) is 2. The summed E-state index contributed by atoms with van der Waals surface area (Å²) < 4.78 is 58.6. The molecule has 1 aromatic heterocycles. The number of phosphoric acid groups is 2. The van der Waals surface area contributed by atoms with Gasteiger partial charge in [0.25, 0.3) is 21.2 Å². The molecule has 2 aliphatic heterocycles. The van der Waals surface area contributed by atoms with Crippen LogP contribution in [0.5, 0.6) is 0 Å². The molecule has 1 amide bonds. The van der Waals surface area contributed by atoms with Crippen LogP contribution in [-0.2, 0) is 46.2 Å². The molecule has 24 heteroatoms. The van der Waals surface area contributed by atoms with Crippen LogP contribution in [0.2, 0.25) is 0 Å². The summed E-state index contributed by atoms with van der Waals surface area (Å²) in [5.74, 6) is -0.948. The van der Waals surface area contributed by atoms with Crippen LogP contribution < -0.4 is 26.4 Å². The Hall–Kier alpha value is -1.95. The van der Waals surface area contributed by atoms with Crippen LogP contribution in [0.4, 0.5) is 0 Å². The summed E-state index contributed by atoms with van der Waals surface area (Å²) in [4.78, 5) is 62.1. The Morgan fingerprint density at radius 2 is 1.73 bits per heavy atom. The van der Waals surface area contributed by atoms with Gasteiger partial charge in [0.05, 0.1) is 26.4 Å². The molecule has 0 saturated carbocycles. The fraction of sp³-hybridized carbons (Fsp3) is 0.750. The van der Waals surface area contributed by atoms with Crippen LogP contribution in [0, 0.1) is 0 Å². The first-order valence-electron chi connectivity index (χ1n) is 12.6. The first-order valence-corrected chi connectivity index (χ1v) is 15.5. The molecule has 3 heterocycles. The van der Waals surface area contributed by atoms with E-state index in [1.54, 1.807) is 0 Å². The molecule has 3 rings (SSSR count). The zero-order valence-electron chi connectivity index (χ0n) is 22.7. The van der Waals surface area contributed by atoms with Gasteiger partial charge in [0.2, 0.25) is 5.91 Å². The van der Waals surface area contributed by atoms with Gasteiger partial charge in [0, 0.05) is 19.4 Å². The van der Waals surface area contributed by atoms with Crippen molar-refractivity contribution in [1.29, 1.82) is 0 Å². The first kappa shape index (κ1) is 36.5. The predicted octanol–water partition coefficient (Wildman–Crippen LogP) is -6.27. The second kappa shape index (κ2) is 15.6. The van der Waals surface area contributed by atoms with Gasteiger partial charge in [-0.15, -0.1) is 0 Å².